The van der Waals surface area contributed by atoms with Crippen LogP contribution < -0.4 is 4.74 Å². The first-order valence-electron chi connectivity index (χ1n) is 9.89. The van der Waals surface area contributed by atoms with E-state index in [0.717, 1.165) is 22.2 Å². The fourth-order valence-corrected chi connectivity index (χ4v) is 3.93. The van der Waals surface area contributed by atoms with Gasteiger partial charge in [0.15, 0.2) is 0 Å². The zero-order valence-electron chi connectivity index (χ0n) is 16.8. The van der Waals surface area contributed by atoms with Crippen molar-refractivity contribution >= 4 is 28.3 Å². The largest absolute Gasteiger partial charge is 0.488 e. The summed E-state index contributed by atoms with van der Waals surface area (Å²) in [6, 6.07) is 17.3. The van der Waals surface area contributed by atoms with Crippen LogP contribution in [0.2, 0.25) is 0 Å². The van der Waals surface area contributed by atoms with Gasteiger partial charge in [0.2, 0.25) is 0 Å². The molecule has 8 nitrogen and oxygen atoms in total. The minimum absolute atomic E-state index is 0.00826. The van der Waals surface area contributed by atoms with Gasteiger partial charge in [0.25, 0.3) is 5.69 Å². The molecule has 3 aromatic carbocycles. The second kappa shape index (κ2) is 7.66. The van der Waals surface area contributed by atoms with Gasteiger partial charge in [-0.05, 0) is 41.0 Å². The number of aromatic carboxylic acids is 1. The van der Waals surface area contributed by atoms with Crippen LogP contribution in [0.1, 0.15) is 27.0 Å². The van der Waals surface area contributed by atoms with Gasteiger partial charge in [0, 0.05) is 24.2 Å². The molecule has 4 aromatic rings. The third-order valence-corrected chi connectivity index (χ3v) is 5.51. The van der Waals surface area contributed by atoms with Crippen molar-refractivity contribution in [3.63, 3.8) is 0 Å². The molecule has 0 fully saturated rings. The molecule has 0 bridgehead atoms. The minimum atomic E-state index is -1.01. The lowest BCUT2D eigenvalue weighted by Gasteiger charge is -2.12. The number of hydrogen-bond acceptors (Lipinski definition) is 5. The van der Waals surface area contributed by atoms with E-state index in [1.807, 2.05) is 34.9 Å². The molecule has 2 heterocycles. The number of aromatic nitrogens is 2. The summed E-state index contributed by atoms with van der Waals surface area (Å²) in [4.78, 5) is 26.5. The molecule has 158 valence electrons. The second-order valence-corrected chi connectivity index (χ2v) is 7.41. The van der Waals surface area contributed by atoms with Crippen molar-refractivity contribution in [3.8, 4) is 5.75 Å². The maximum Gasteiger partial charge on any atom is 0.335 e. The number of non-ortho nitro benzene ring substituents is 1. The molecular weight excluding hydrogens is 410 g/mol. The molecule has 0 amide bonds. The molecule has 32 heavy (non-hydrogen) atoms. The van der Waals surface area contributed by atoms with Gasteiger partial charge in [-0.25, -0.2) is 9.78 Å². The predicted octanol–water partition coefficient (Wildman–Crippen LogP) is 4.67. The summed E-state index contributed by atoms with van der Waals surface area (Å²) >= 11 is 0. The molecule has 0 radical (unpaired) electrons. The Bertz CT molecular complexity index is 1420. The Labute approximate surface area is 182 Å². The molecule has 0 spiro atoms. The summed E-state index contributed by atoms with van der Waals surface area (Å²) in [6.45, 7) is 0.819. The Kier molecular flexibility index (Phi) is 4.67. The second-order valence-electron chi connectivity index (χ2n) is 7.41. The highest BCUT2D eigenvalue weighted by molar-refractivity contribution is 5.92. The number of nitro benzene ring substituents is 1. The average Bonchev–Trinajstić information content (AvgIpc) is 3.13. The smallest absolute Gasteiger partial charge is 0.335 e. The van der Waals surface area contributed by atoms with Crippen molar-refractivity contribution in [1.29, 1.82) is 0 Å². The lowest BCUT2D eigenvalue weighted by molar-refractivity contribution is -0.384. The zero-order chi connectivity index (χ0) is 22.2. The molecule has 8 heteroatoms. The van der Waals surface area contributed by atoms with Gasteiger partial charge in [-0.15, -0.1) is 0 Å². The fourth-order valence-electron chi connectivity index (χ4n) is 3.93. The lowest BCUT2D eigenvalue weighted by atomic mass is 9.93. The van der Waals surface area contributed by atoms with E-state index < -0.39 is 10.9 Å². The Balaban J connectivity index is 1.62. The molecule has 0 atom stereocenters. The minimum Gasteiger partial charge on any atom is -0.488 e. The third-order valence-electron chi connectivity index (χ3n) is 5.51. The number of nitrogens with zero attached hydrogens (tertiary/aromatic N) is 3. The molecule has 1 aromatic heterocycles. The van der Waals surface area contributed by atoms with Crippen LogP contribution in [0, 0.1) is 10.1 Å². The van der Waals surface area contributed by atoms with Gasteiger partial charge < -0.3 is 14.4 Å². The van der Waals surface area contributed by atoms with Crippen LogP contribution in [-0.2, 0) is 13.2 Å². The highest BCUT2D eigenvalue weighted by atomic mass is 16.6. The van der Waals surface area contributed by atoms with E-state index >= 15 is 0 Å². The first-order valence-corrected chi connectivity index (χ1v) is 9.89. The number of nitro groups is 1. The first-order chi connectivity index (χ1) is 15.5. The molecule has 0 aliphatic carbocycles. The average molecular weight is 427 g/mol. The number of allylic oxidation sites excluding steroid dienone is 1. The van der Waals surface area contributed by atoms with E-state index in [0.29, 0.717) is 30.0 Å². The van der Waals surface area contributed by atoms with Crippen LogP contribution in [0.4, 0.5) is 5.69 Å². The summed E-state index contributed by atoms with van der Waals surface area (Å²) in [6.07, 6.45) is 3.64. The van der Waals surface area contributed by atoms with Crippen molar-refractivity contribution in [3.05, 3.63) is 105 Å². The number of hydrogen-bond donors (Lipinski definition) is 1. The summed E-state index contributed by atoms with van der Waals surface area (Å²) in [7, 11) is 0. The summed E-state index contributed by atoms with van der Waals surface area (Å²) in [5.41, 5.74) is 5.01. The van der Waals surface area contributed by atoms with E-state index in [9.17, 15) is 20.0 Å². The van der Waals surface area contributed by atoms with Crippen LogP contribution in [-0.4, -0.2) is 25.6 Å². The first kappa shape index (κ1) is 19.5. The Hall–Kier alpha value is -4.46. The molecule has 5 rings (SSSR count). The number of rotatable bonds is 4. The Morgan fingerprint density at radius 2 is 2.00 bits per heavy atom. The molecular formula is C24H17N3O5. The fraction of sp³-hybridized carbons (Fsp3) is 0.0833. The van der Waals surface area contributed by atoms with Gasteiger partial charge in [0.1, 0.15) is 12.4 Å². The van der Waals surface area contributed by atoms with Crippen molar-refractivity contribution in [1.82, 2.24) is 9.55 Å². The van der Waals surface area contributed by atoms with Gasteiger partial charge in [-0.1, -0.05) is 30.3 Å². The van der Waals surface area contributed by atoms with Crippen molar-refractivity contribution in [2.75, 3.05) is 0 Å². The van der Waals surface area contributed by atoms with E-state index in [4.69, 9.17) is 4.74 Å². The number of carboxylic acid groups (broad SMARTS) is 1. The van der Waals surface area contributed by atoms with Crippen LogP contribution in [0.3, 0.4) is 0 Å². The van der Waals surface area contributed by atoms with Crippen molar-refractivity contribution < 1.29 is 19.6 Å². The number of carbonyl (C=O) groups is 1. The molecule has 0 saturated heterocycles. The topological polar surface area (TPSA) is 107 Å². The van der Waals surface area contributed by atoms with E-state index in [2.05, 4.69) is 4.98 Å². The Morgan fingerprint density at radius 1 is 1.16 bits per heavy atom. The molecule has 1 aliphatic rings. The van der Waals surface area contributed by atoms with Gasteiger partial charge >= 0.3 is 5.97 Å². The van der Waals surface area contributed by atoms with Crippen LogP contribution >= 0.6 is 0 Å². The highest BCUT2D eigenvalue weighted by Crippen LogP contribution is 2.37. The SMILES string of the molecule is O=C(O)c1ccc2c(c1)C(=CCn1cnc3cc([N+](=O)[O-])ccc31)c1ccccc1CO2. The maximum absolute atomic E-state index is 11.6. The standard InChI is InChI=1S/C24H17N3O5/c28-24(29)15-5-8-23-20(11-15)19(18-4-2-1-3-16(18)13-32-23)9-10-26-14-25-21-12-17(27(30)31)6-7-22(21)26/h1-9,11-12,14H,10,13H2,(H,28,29). The molecule has 1 aliphatic heterocycles. The number of fused-ring (bicyclic) bond motifs is 3. The Morgan fingerprint density at radius 3 is 2.81 bits per heavy atom. The zero-order valence-corrected chi connectivity index (χ0v) is 16.8. The van der Waals surface area contributed by atoms with E-state index in [1.165, 1.54) is 18.2 Å². The summed E-state index contributed by atoms with van der Waals surface area (Å²) in [5, 5.41) is 20.5. The summed E-state index contributed by atoms with van der Waals surface area (Å²) in [5.74, 6) is -0.393. The highest BCUT2D eigenvalue weighted by Gasteiger charge is 2.20. The van der Waals surface area contributed by atoms with Crippen LogP contribution in [0.5, 0.6) is 5.75 Å². The quantitative estimate of drug-likeness (QED) is 0.375. The number of carboxylic acids is 1. The third kappa shape index (κ3) is 3.37. The van der Waals surface area contributed by atoms with E-state index in [1.54, 1.807) is 24.5 Å². The van der Waals surface area contributed by atoms with Crippen molar-refractivity contribution in [2.24, 2.45) is 0 Å². The molecule has 0 saturated carbocycles. The van der Waals surface area contributed by atoms with E-state index in [-0.39, 0.29) is 11.3 Å². The van der Waals surface area contributed by atoms with Gasteiger partial charge in [0.05, 0.1) is 27.8 Å². The van der Waals surface area contributed by atoms with Crippen LogP contribution in [0.25, 0.3) is 16.6 Å². The van der Waals surface area contributed by atoms with Gasteiger partial charge in [-0.2, -0.15) is 0 Å². The number of imidazole rings is 1. The maximum atomic E-state index is 11.6. The van der Waals surface area contributed by atoms with Crippen LogP contribution in [0.15, 0.2) is 73.1 Å². The number of benzene rings is 3. The normalized spacial score (nSPS) is 13.8. The molecule has 1 N–H and O–H groups in total. The monoisotopic (exact) mass is 427 g/mol. The summed E-state index contributed by atoms with van der Waals surface area (Å²) < 4.78 is 7.86. The molecule has 0 unspecified atom stereocenters. The number of ether oxygens (including phenoxy) is 1. The predicted molar refractivity (Wildman–Crippen MR) is 118 cm³/mol. The lowest BCUT2D eigenvalue weighted by Crippen LogP contribution is -2.00. The van der Waals surface area contributed by atoms with Crippen molar-refractivity contribution in [2.45, 2.75) is 13.2 Å². The van der Waals surface area contributed by atoms with Gasteiger partial charge in [-0.3, -0.25) is 10.1 Å².